The molecule has 0 radical (unpaired) electrons. The Hall–Kier alpha value is -3.19. The number of benzene rings is 2. The number of fused-ring (bicyclic) bond motifs is 2. The van der Waals surface area contributed by atoms with Crippen LogP contribution in [-0.2, 0) is 29.1 Å². The number of carbonyl (C=O) groups excluding carboxylic acids is 3. The van der Waals surface area contributed by atoms with E-state index in [-0.39, 0.29) is 24.1 Å². The van der Waals surface area contributed by atoms with Crippen molar-refractivity contribution >= 4 is 23.4 Å². The first-order valence-electron chi connectivity index (χ1n) is 10.8. The zero-order valence-corrected chi connectivity index (χ0v) is 17.3. The first-order valence-corrected chi connectivity index (χ1v) is 10.8. The molecular formula is C24H26N4O3. The zero-order chi connectivity index (χ0) is 21.5. The van der Waals surface area contributed by atoms with Crippen LogP contribution in [0, 0.1) is 5.92 Å². The first-order chi connectivity index (χ1) is 15.0. The van der Waals surface area contributed by atoms with Gasteiger partial charge in [0.15, 0.2) is 0 Å². The molecule has 3 amide bonds. The van der Waals surface area contributed by atoms with Gasteiger partial charge in [-0.3, -0.25) is 19.7 Å². The number of hydrogen-bond acceptors (Lipinski definition) is 5. The van der Waals surface area contributed by atoms with E-state index < -0.39 is 6.04 Å². The minimum atomic E-state index is -0.595. The van der Waals surface area contributed by atoms with Gasteiger partial charge in [-0.2, -0.15) is 0 Å². The van der Waals surface area contributed by atoms with Gasteiger partial charge in [0.05, 0.1) is 0 Å². The van der Waals surface area contributed by atoms with E-state index in [0.29, 0.717) is 37.5 Å². The van der Waals surface area contributed by atoms with Crippen LogP contribution in [-0.4, -0.2) is 41.8 Å². The average Bonchev–Trinajstić information content (AvgIpc) is 3.11. The van der Waals surface area contributed by atoms with Gasteiger partial charge in [-0.15, -0.1) is 0 Å². The normalized spacial score (nSPS) is 22.9. The van der Waals surface area contributed by atoms with E-state index in [2.05, 4.69) is 28.4 Å². The summed E-state index contributed by atoms with van der Waals surface area (Å²) in [6, 6.07) is 13.7. The summed E-state index contributed by atoms with van der Waals surface area (Å²) in [6.45, 7) is 2.49. The number of amides is 3. The van der Waals surface area contributed by atoms with Crippen molar-refractivity contribution in [3.8, 4) is 0 Å². The van der Waals surface area contributed by atoms with Crippen molar-refractivity contribution in [3.63, 3.8) is 0 Å². The molecule has 0 aromatic heterocycles. The lowest BCUT2D eigenvalue weighted by atomic mass is 9.91. The van der Waals surface area contributed by atoms with Gasteiger partial charge in [-0.25, -0.2) is 0 Å². The summed E-state index contributed by atoms with van der Waals surface area (Å²) in [5, 5.41) is 2.36. The number of para-hydroxylation sites is 1. The Morgan fingerprint density at radius 2 is 1.84 bits per heavy atom. The fourth-order valence-corrected chi connectivity index (χ4v) is 5.11. The zero-order valence-electron chi connectivity index (χ0n) is 17.3. The second kappa shape index (κ2) is 7.81. The van der Waals surface area contributed by atoms with Gasteiger partial charge in [-0.05, 0) is 48.1 Å². The third kappa shape index (κ3) is 3.49. The molecule has 7 heteroatoms. The predicted molar refractivity (Wildman–Crippen MR) is 116 cm³/mol. The van der Waals surface area contributed by atoms with Crippen LogP contribution in [0.1, 0.15) is 39.9 Å². The van der Waals surface area contributed by atoms with Gasteiger partial charge in [0.1, 0.15) is 6.04 Å². The maximum Gasteiger partial charge on any atom is 0.255 e. The molecule has 1 saturated heterocycles. The Kier molecular flexibility index (Phi) is 4.98. The van der Waals surface area contributed by atoms with Crippen LogP contribution in [0.4, 0.5) is 5.69 Å². The van der Waals surface area contributed by atoms with Crippen molar-refractivity contribution in [1.82, 2.24) is 10.2 Å². The van der Waals surface area contributed by atoms with Crippen LogP contribution in [0.5, 0.6) is 0 Å². The Labute approximate surface area is 181 Å². The van der Waals surface area contributed by atoms with Crippen LogP contribution in [0.15, 0.2) is 42.5 Å². The summed E-state index contributed by atoms with van der Waals surface area (Å²) in [6.07, 6.45) is 1.60. The number of nitrogens with zero attached hydrogens (tertiary/aromatic N) is 2. The fraction of sp³-hybridized carbons (Fsp3) is 0.375. The van der Waals surface area contributed by atoms with Crippen molar-refractivity contribution in [3.05, 3.63) is 64.7 Å². The van der Waals surface area contributed by atoms with Crippen molar-refractivity contribution in [2.75, 3.05) is 18.0 Å². The predicted octanol–water partition coefficient (Wildman–Crippen LogP) is 1.59. The van der Waals surface area contributed by atoms with E-state index >= 15 is 0 Å². The van der Waals surface area contributed by atoms with Gasteiger partial charge >= 0.3 is 0 Å². The molecule has 0 spiro atoms. The third-order valence-electron chi connectivity index (χ3n) is 6.65. The van der Waals surface area contributed by atoms with Crippen LogP contribution in [0.25, 0.3) is 0 Å². The number of carbonyl (C=O) groups is 3. The number of nitrogens with one attached hydrogen (secondary N) is 1. The molecule has 2 aromatic carbocycles. The molecule has 160 valence electrons. The molecular weight excluding hydrogens is 392 g/mol. The van der Waals surface area contributed by atoms with Crippen molar-refractivity contribution in [1.29, 1.82) is 0 Å². The Bertz CT molecular complexity index is 1070. The highest BCUT2D eigenvalue weighted by molar-refractivity contribution is 6.06. The summed E-state index contributed by atoms with van der Waals surface area (Å²) >= 11 is 0. The molecule has 0 bridgehead atoms. The fourth-order valence-electron chi connectivity index (χ4n) is 5.11. The molecule has 3 N–H and O–H groups in total. The molecule has 2 aromatic rings. The third-order valence-corrected chi connectivity index (χ3v) is 6.65. The van der Waals surface area contributed by atoms with Gasteiger partial charge in [0, 0.05) is 37.3 Å². The molecule has 1 fully saturated rings. The quantitative estimate of drug-likeness (QED) is 0.735. The van der Waals surface area contributed by atoms with Crippen molar-refractivity contribution in [2.24, 2.45) is 11.7 Å². The minimum Gasteiger partial charge on any atom is -0.367 e. The van der Waals surface area contributed by atoms with Crippen LogP contribution < -0.4 is 16.0 Å². The van der Waals surface area contributed by atoms with Gasteiger partial charge in [-0.1, -0.05) is 36.4 Å². The Balaban J connectivity index is 1.43. The standard InChI is InChI=1S/C24H26N4O3/c25-11-15-10-16-4-1-2-7-19(16)27(12-15)13-17-5-3-6-18-14-28(24(31)22(17)18)20-8-9-21(29)26-23(20)30/h1-7,15,20H,8-14,25H2,(H,26,29,30). The largest absolute Gasteiger partial charge is 0.367 e. The smallest absolute Gasteiger partial charge is 0.255 e. The second-order valence-corrected chi connectivity index (χ2v) is 8.67. The SMILES string of the molecule is NCC1Cc2ccccc2N(Cc2cccc3c2C(=O)N(C2CCC(=O)NC2=O)C3)C1. The summed E-state index contributed by atoms with van der Waals surface area (Å²) in [4.78, 5) is 41.2. The van der Waals surface area contributed by atoms with Crippen LogP contribution in [0.2, 0.25) is 0 Å². The van der Waals surface area contributed by atoms with E-state index in [1.54, 1.807) is 4.90 Å². The van der Waals surface area contributed by atoms with E-state index in [0.717, 1.165) is 24.1 Å². The van der Waals surface area contributed by atoms with Gasteiger partial charge in [0.2, 0.25) is 11.8 Å². The number of piperidine rings is 1. The molecule has 0 saturated carbocycles. The molecule has 3 aliphatic heterocycles. The number of rotatable bonds is 4. The number of nitrogens with two attached hydrogens (primary N) is 1. The van der Waals surface area contributed by atoms with Gasteiger partial charge in [0.25, 0.3) is 5.91 Å². The number of imide groups is 1. The lowest BCUT2D eigenvalue weighted by Crippen LogP contribution is -2.52. The lowest BCUT2D eigenvalue weighted by molar-refractivity contribution is -0.136. The summed E-state index contributed by atoms with van der Waals surface area (Å²) in [7, 11) is 0. The van der Waals surface area contributed by atoms with Crippen LogP contribution >= 0.6 is 0 Å². The van der Waals surface area contributed by atoms with Crippen molar-refractivity contribution < 1.29 is 14.4 Å². The molecule has 5 rings (SSSR count). The maximum atomic E-state index is 13.4. The maximum absolute atomic E-state index is 13.4. The van der Waals surface area contributed by atoms with E-state index in [9.17, 15) is 14.4 Å². The molecule has 2 unspecified atom stereocenters. The Morgan fingerprint density at radius 1 is 1.03 bits per heavy atom. The van der Waals surface area contributed by atoms with Crippen molar-refractivity contribution in [2.45, 2.75) is 38.4 Å². The highest BCUT2D eigenvalue weighted by atomic mass is 16.2. The highest BCUT2D eigenvalue weighted by Crippen LogP contribution is 2.34. The molecule has 31 heavy (non-hydrogen) atoms. The Morgan fingerprint density at radius 3 is 2.65 bits per heavy atom. The minimum absolute atomic E-state index is 0.124. The molecule has 3 aliphatic rings. The second-order valence-electron chi connectivity index (χ2n) is 8.67. The lowest BCUT2D eigenvalue weighted by Gasteiger charge is -2.36. The monoisotopic (exact) mass is 418 g/mol. The van der Waals surface area contributed by atoms with E-state index in [1.165, 1.54) is 11.3 Å². The van der Waals surface area contributed by atoms with Gasteiger partial charge < -0.3 is 15.5 Å². The van der Waals surface area contributed by atoms with E-state index in [4.69, 9.17) is 5.73 Å². The molecule has 2 atom stereocenters. The first kappa shape index (κ1) is 19.8. The summed E-state index contributed by atoms with van der Waals surface area (Å²) < 4.78 is 0. The topological polar surface area (TPSA) is 95.7 Å². The number of hydrogen-bond donors (Lipinski definition) is 2. The van der Waals surface area contributed by atoms with E-state index in [1.807, 2.05) is 24.3 Å². The summed E-state index contributed by atoms with van der Waals surface area (Å²) in [5.41, 5.74) is 11.1. The van der Waals surface area contributed by atoms with Crippen LogP contribution in [0.3, 0.4) is 0 Å². The average molecular weight is 418 g/mol. The highest BCUT2D eigenvalue weighted by Gasteiger charge is 2.40. The molecule has 0 aliphatic carbocycles. The molecule has 3 heterocycles. The number of anilines is 1. The molecule has 7 nitrogen and oxygen atoms in total. The summed E-state index contributed by atoms with van der Waals surface area (Å²) in [5.74, 6) is -0.401.